The van der Waals surface area contributed by atoms with Crippen molar-refractivity contribution in [1.82, 2.24) is 0 Å². The first kappa shape index (κ1) is 15.1. The molecule has 19 heavy (non-hydrogen) atoms. The second-order valence-electron chi connectivity index (χ2n) is 4.02. The van der Waals surface area contributed by atoms with Crippen molar-refractivity contribution in [2.45, 2.75) is 26.7 Å². The zero-order chi connectivity index (χ0) is 14.1. The van der Waals surface area contributed by atoms with Crippen molar-refractivity contribution < 1.29 is 19.4 Å². The summed E-state index contributed by atoms with van der Waals surface area (Å²) in [4.78, 5) is 11.0. The van der Waals surface area contributed by atoms with Crippen molar-refractivity contribution in [3.63, 3.8) is 0 Å². The summed E-state index contributed by atoms with van der Waals surface area (Å²) in [5, 5.41) is 9.05. The van der Waals surface area contributed by atoms with E-state index in [4.69, 9.17) is 14.6 Å². The Morgan fingerprint density at radius 3 is 2.47 bits per heavy atom. The number of aliphatic carboxylic acids is 1. The fourth-order valence-electron chi connectivity index (χ4n) is 1.47. The average molecular weight is 264 g/mol. The minimum absolute atomic E-state index is 0.0300. The topological polar surface area (TPSA) is 55.8 Å². The van der Waals surface area contributed by atoms with Gasteiger partial charge >= 0.3 is 5.97 Å². The van der Waals surface area contributed by atoms with Crippen molar-refractivity contribution in [3.8, 4) is 5.75 Å². The Hall–Kier alpha value is -1.97. The normalized spacial score (nSPS) is 11.2. The molecule has 4 nitrogen and oxygen atoms in total. The predicted molar refractivity (Wildman–Crippen MR) is 74.1 cm³/mol. The SMILES string of the molecule is CCCCOC(=Cc1ccc(OCC)cc1)C(=O)O. The third-order valence-electron chi connectivity index (χ3n) is 2.46. The van der Waals surface area contributed by atoms with Gasteiger partial charge in [-0.05, 0) is 37.1 Å². The molecule has 0 aliphatic heterocycles. The fourth-order valence-corrected chi connectivity index (χ4v) is 1.47. The van der Waals surface area contributed by atoms with Crippen LogP contribution in [-0.4, -0.2) is 24.3 Å². The van der Waals surface area contributed by atoms with Crippen LogP contribution < -0.4 is 4.74 Å². The summed E-state index contributed by atoms with van der Waals surface area (Å²) >= 11 is 0. The summed E-state index contributed by atoms with van der Waals surface area (Å²) in [6.07, 6.45) is 3.33. The van der Waals surface area contributed by atoms with Crippen molar-refractivity contribution in [1.29, 1.82) is 0 Å². The van der Waals surface area contributed by atoms with Crippen LogP contribution in [0.1, 0.15) is 32.3 Å². The molecule has 0 heterocycles. The molecule has 0 amide bonds. The second-order valence-corrected chi connectivity index (χ2v) is 4.02. The summed E-state index contributed by atoms with van der Waals surface area (Å²) in [6.45, 7) is 4.97. The van der Waals surface area contributed by atoms with Crippen LogP contribution in [0.25, 0.3) is 6.08 Å². The van der Waals surface area contributed by atoms with Gasteiger partial charge in [-0.15, -0.1) is 0 Å². The van der Waals surface area contributed by atoms with Gasteiger partial charge in [0.25, 0.3) is 0 Å². The molecule has 0 atom stereocenters. The number of rotatable bonds is 8. The van der Waals surface area contributed by atoms with Crippen LogP contribution in [0.5, 0.6) is 5.75 Å². The molecule has 0 aromatic heterocycles. The zero-order valence-corrected chi connectivity index (χ0v) is 11.4. The van der Waals surface area contributed by atoms with E-state index >= 15 is 0 Å². The Balaban J connectivity index is 2.74. The monoisotopic (exact) mass is 264 g/mol. The van der Waals surface area contributed by atoms with E-state index in [0.717, 1.165) is 24.2 Å². The van der Waals surface area contributed by atoms with E-state index in [-0.39, 0.29) is 5.76 Å². The molecule has 0 saturated carbocycles. The van der Waals surface area contributed by atoms with Crippen molar-refractivity contribution in [2.24, 2.45) is 0 Å². The first-order valence-corrected chi connectivity index (χ1v) is 6.48. The highest BCUT2D eigenvalue weighted by atomic mass is 16.5. The third-order valence-corrected chi connectivity index (χ3v) is 2.46. The van der Waals surface area contributed by atoms with Crippen LogP contribution in [0.15, 0.2) is 30.0 Å². The number of unbranched alkanes of at least 4 members (excludes halogenated alkanes) is 1. The highest BCUT2D eigenvalue weighted by Gasteiger charge is 2.08. The van der Waals surface area contributed by atoms with Crippen LogP contribution in [0, 0.1) is 0 Å². The van der Waals surface area contributed by atoms with Gasteiger partial charge in [0.1, 0.15) is 5.75 Å². The predicted octanol–water partition coefficient (Wildman–Crippen LogP) is 3.33. The van der Waals surface area contributed by atoms with Crippen molar-refractivity contribution in [3.05, 3.63) is 35.6 Å². The van der Waals surface area contributed by atoms with E-state index < -0.39 is 5.97 Å². The Kier molecular flexibility index (Phi) is 6.50. The van der Waals surface area contributed by atoms with E-state index in [2.05, 4.69) is 0 Å². The van der Waals surface area contributed by atoms with Crippen LogP contribution in [0.4, 0.5) is 0 Å². The molecule has 0 aliphatic rings. The fraction of sp³-hybridized carbons (Fsp3) is 0.400. The van der Waals surface area contributed by atoms with Crippen molar-refractivity contribution in [2.75, 3.05) is 13.2 Å². The van der Waals surface area contributed by atoms with Gasteiger partial charge < -0.3 is 14.6 Å². The molecule has 0 spiro atoms. The van der Waals surface area contributed by atoms with Gasteiger partial charge in [0.15, 0.2) is 0 Å². The summed E-state index contributed by atoms with van der Waals surface area (Å²) in [5.41, 5.74) is 0.775. The van der Waals surface area contributed by atoms with Crippen molar-refractivity contribution >= 4 is 12.0 Å². The Bertz CT molecular complexity index is 420. The molecule has 1 aromatic carbocycles. The minimum atomic E-state index is -1.05. The molecular formula is C15H20O4. The largest absolute Gasteiger partial charge is 0.494 e. The van der Waals surface area contributed by atoms with Gasteiger partial charge in [0.05, 0.1) is 13.2 Å². The van der Waals surface area contributed by atoms with E-state index in [1.165, 1.54) is 6.08 Å². The van der Waals surface area contributed by atoms with Gasteiger partial charge in [-0.3, -0.25) is 0 Å². The second kappa shape index (κ2) is 8.19. The molecular weight excluding hydrogens is 244 g/mol. The van der Waals surface area contributed by atoms with E-state index in [1.807, 2.05) is 13.8 Å². The summed E-state index contributed by atoms with van der Waals surface area (Å²) < 4.78 is 10.6. The van der Waals surface area contributed by atoms with Crippen LogP contribution in [0.2, 0.25) is 0 Å². The minimum Gasteiger partial charge on any atom is -0.494 e. The van der Waals surface area contributed by atoms with E-state index in [1.54, 1.807) is 24.3 Å². The van der Waals surface area contributed by atoms with Crippen LogP contribution in [-0.2, 0) is 9.53 Å². The molecule has 4 heteroatoms. The van der Waals surface area contributed by atoms with E-state index in [9.17, 15) is 4.79 Å². The highest BCUT2D eigenvalue weighted by Crippen LogP contribution is 2.15. The van der Waals surface area contributed by atoms with Gasteiger partial charge in [-0.25, -0.2) is 4.79 Å². The maximum atomic E-state index is 11.0. The molecule has 0 bridgehead atoms. The first-order chi connectivity index (χ1) is 9.17. The molecule has 0 saturated heterocycles. The highest BCUT2D eigenvalue weighted by molar-refractivity contribution is 5.89. The molecule has 104 valence electrons. The lowest BCUT2D eigenvalue weighted by atomic mass is 10.2. The quantitative estimate of drug-likeness (QED) is 0.444. The van der Waals surface area contributed by atoms with E-state index in [0.29, 0.717) is 13.2 Å². The molecule has 0 radical (unpaired) electrons. The molecule has 0 unspecified atom stereocenters. The number of carbonyl (C=O) groups is 1. The number of hydrogen-bond donors (Lipinski definition) is 1. The summed E-state index contributed by atoms with van der Waals surface area (Å²) in [6, 6.07) is 7.22. The number of benzene rings is 1. The lowest BCUT2D eigenvalue weighted by molar-refractivity contribution is -0.136. The summed E-state index contributed by atoms with van der Waals surface area (Å²) in [7, 11) is 0. The van der Waals surface area contributed by atoms with Gasteiger partial charge in [-0.2, -0.15) is 0 Å². The number of hydrogen-bond acceptors (Lipinski definition) is 3. The van der Waals surface area contributed by atoms with Gasteiger partial charge in [0, 0.05) is 0 Å². The van der Waals surface area contributed by atoms with Gasteiger partial charge in [0.2, 0.25) is 5.76 Å². The molecule has 1 rings (SSSR count). The smallest absolute Gasteiger partial charge is 0.371 e. The average Bonchev–Trinajstić information content (AvgIpc) is 2.40. The van der Waals surface area contributed by atoms with Crippen LogP contribution >= 0.6 is 0 Å². The number of carboxylic acid groups (broad SMARTS) is 1. The standard InChI is InChI=1S/C15H20O4/c1-3-5-10-19-14(15(16)17)11-12-6-8-13(9-7-12)18-4-2/h6-9,11H,3-5,10H2,1-2H3,(H,16,17). The zero-order valence-electron chi connectivity index (χ0n) is 11.4. The lowest BCUT2D eigenvalue weighted by Crippen LogP contribution is -2.05. The third kappa shape index (κ3) is 5.46. The van der Waals surface area contributed by atoms with Gasteiger partial charge in [-0.1, -0.05) is 25.5 Å². The van der Waals surface area contributed by atoms with Crippen LogP contribution in [0.3, 0.4) is 0 Å². The maximum absolute atomic E-state index is 11.0. The lowest BCUT2D eigenvalue weighted by Gasteiger charge is -2.06. The Morgan fingerprint density at radius 1 is 1.26 bits per heavy atom. The Labute approximate surface area is 113 Å². The molecule has 0 aliphatic carbocycles. The molecule has 0 fully saturated rings. The summed E-state index contributed by atoms with van der Waals surface area (Å²) in [5.74, 6) is -0.314. The number of carboxylic acids is 1. The molecule has 1 N–H and O–H groups in total. The Morgan fingerprint density at radius 2 is 1.95 bits per heavy atom. The number of ether oxygens (including phenoxy) is 2. The first-order valence-electron chi connectivity index (χ1n) is 6.48. The maximum Gasteiger partial charge on any atom is 0.371 e. The molecule has 1 aromatic rings.